The van der Waals surface area contributed by atoms with Gasteiger partial charge in [0.15, 0.2) is 18.9 Å². The predicted octanol–water partition coefficient (Wildman–Crippen LogP) is 2.30. The van der Waals surface area contributed by atoms with Crippen LogP contribution in [0.4, 0.5) is 17.8 Å². The maximum atomic E-state index is 5.22. The summed E-state index contributed by atoms with van der Waals surface area (Å²) in [6.07, 6.45) is 4.17. The van der Waals surface area contributed by atoms with Crippen LogP contribution in [0, 0.1) is 0 Å². The van der Waals surface area contributed by atoms with E-state index >= 15 is 0 Å². The van der Waals surface area contributed by atoms with Crippen molar-refractivity contribution < 1.29 is 28.4 Å². The van der Waals surface area contributed by atoms with E-state index < -0.39 is 0 Å². The molecule has 1 aromatic rings. The molecular formula is C21H42N6O6. The lowest BCUT2D eigenvalue weighted by atomic mass is 10.3. The molecule has 3 N–H and O–H groups in total. The number of nitrogens with one attached hydrogen (secondary N) is 3. The second kappa shape index (κ2) is 18.6. The Hall–Kier alpha value is -1.83. The van der Waals surface area contributed by atoms with Crippen molar-refractivity contribution in [1.82, 2.24) is 15.0 Å². The molecule has 0 amide bonds. The van der Waals surface area contributed by atoms with E-state index in [1.807, 2.05) is 0 Å². The number of hydrogen-bond acceptors (Lipinski definition) is 12. The quantitative estimate of drug-likeness (QED) is 0.178. The van der Waals surface area contributed by atoms with E-state index in [9.17, 15) is 0 Å². The Bertz CT molecular complexity index is 509. The van der Waals surface area contributed by atoms with Crippen molar-refractivity contribution in [1.29, 1.82) is 0 Å². The third-order valence-electron chi connectivity index (χ3n) is 4.91. The molecule has 0 spiro atoms. The van der Waals surface area contributed by atoms with Crippen LogP contribution in [0.3, 0.4) is 0 Å². The summed E-state index contributed by atoms with van der Waals surface area (Å²) >= 11 is 0. The summed E-state index contributed by atoms with van der Waals surface area (Å²) in [4.78, 5) is 13.4. The summed E-state index contributed by atoms with van der Waals surface area (Å²) in [5.41, 5.74) is 0. The smallest absolute Gasteiger partial charge is 0.229 e. The van der Waals surface area contributed by atoms with Gasteiger partial charge in [-0.1, -0.05) is 0 Å². The summed E-state index contributed by atoms with van der Waals surface area (Å²) in [5, 5.41) is 9.75. The molecule has 0 aromatic carbocycles. The summed E-state index contributed by atoms with van der Waals surface area (Å²) in [7, 11) is 9.79. The van der Waals surface area contributed by atoms with E-state index in [4.69, 9.17) is 28.4 Å². The highest BCUT2D eigenvalue weighted by atomic mass is 16.7. The van der Waals surface area contributed by atoms with Crippen molar-refractivity contribution in [2.45, 2.75) is 57.4 Å². The molecule has 1 rings (SSSR count). The number of ether oxygens (including phenoxy) is 6. The zero-order valence-corrected chi connectivity index (χ0v) is 20.9. The fourth-order valence-electron chi connectivity index (χ4n) is 3.02. The summed E-state index contributed by atoms with van der Waals surface area (Å²) < 4.78 is 31.3. The molecule has 192 valence electrons. The Balaban J connectivity index is 2.64. The highest BCUT2D eigenvalue weighted by Crippen LogP contribution is 2.12. The minimum Gasteiger partial charge on any atom is -0.356 e. The van der Waals surface area contributed by atoms with Crippen LogP contribution < -0.4 is 16.0 Å². The van der Waals surface area contributed by atoms with Crippen molar-refractivity contribution in [3.8, 4) is 0 Å². The van der Waals surface area contributed by atoms with Gasteiger partial charge in [0.25, 0.3) is 0 Å². The zero-order valence-electron chi connectivity index (χ0n) is 20.9. The molecular weight excluding hydrogens is 432 g/mol. The average Bonchev–Trinajstić information content (AvgIpc) is 2.84. The van der Waals surface area contributed by atoms with Crippen molar-refractivity contribution in [3.63, 3.8) is 0 Å². The van der Waals surface area contributed by atoms with Crippen molar-refractivity contribution in [2.75, 3.05) is 78.2 Å². The SMILES string of the molecule is COC(CCCNc1nc(NCCCC(OC)OC)nc(NCCCC(OC)OC)n1)OC. The Morgan fingerprint density at radius 3 is 0.939 bits per heavy atom. The fourth-order valence-corrected chi connectivity index (χ4v) is 3.02. The molecule has 0 atom stereocenters. The van der Waals surface area contributed by atoms with Gasteiger partial charge in [-0.25, -0.2) is 0 Å². The number of rotatable bonds is 21. The van der Waals surface area contributed by atoms with Crippen molar-refractivity contribution in [3.05, 3.63) is 0 Å². The standard InChI is InChI=1S/C21H42N6O6/c1-28-16(29-2)10-7-13-22-19-25-20(23-14-8-11-17(30-3)31-4)27-21(26-19)24-15-9-12-18(32-5)33-6/h16-18H,7-15H2,1-6H3,(H3,22,23,24,25,26,27). The highest BCUT2D eigenvalue weighted by molar-refractivity contribution is 5.42. The lowest BCUT2D eigenvalue weighted by molar-refractivity contribution is -0.106. The number of hydrogen-bond donors (Lipinski definition) is 3. The van der Waals surface area contributed by atoms with Gasteiger partial charge in [0.05, 0.1) is 0 Å². The van der Waals surface area contributed by atoms with Gasteiger partial charge < -0.3 is 44.4 Å². The van der Waals surface area contributed by atoms with Gasteiger partial charge in [-0.05, 0) is 19.3 Å². The van der Waals surface area contributed by atoms with Crippen LogP contribution in [-0.4, -0.2) is 96.1 Å². The maximum Gasteiger partial charge on any atom is 0.229 e. The summed E-state index contributed by atoms with van der Waals surface area (Å²) in [6, 6.07) is 0. The van der Waals surface area contributed by atoms with Gasteiger partial charge in [0, 0.05) is 81.6 Å². The first-order valence-electron chi connectivity index (χ1n) is 11.2. The molecule has 1 heterocycles. The predicted molar refractivity (Wildman–Crippen MR) is 126 cm³/mol. The molecule has 0 fully saturated rings. The Morgan fingerprint density at radius 1 is 0.485 bits per heavy atom. The topological polar surface area (TPSA) is 130 Å². The van der Waals surface area contributed by atoms with E-state index in [0.717, 1.165) is 38.5 Å². The summed E-state index contributed by atoms with van der Waals surface area (Å²) in [5.74, 6) is 1.50. The van der Waals surface area contributed by atoms with Crippen molar-refractivity contribution >= 4 is 17.8 Å². The molecule has 1 aromatic heterocycles. The third-order valence-corrected chi connectivity index (χ3v) is 4.91. The lowest BCUT2D eigenvalue weighted by Crippen LogP contribution is -2.18. The average molecular weight is 475 g/mol. The van der Waals surface area contributed by atoms with Crippen LogP contribution in [0.1, 0.15) is 38.5 Å². The molecule has 12 heteroatoms. The van der Waals surface area contributed by atoms with Crippen LogP contribution in [-0.2, 0) is 28.4 Å². The first kappa shape index (κ1) is 29.2. The normalized spacial score (nSPS) is 11.5. The molecule has 0 bridgehead atoms. The Morgan fingerprint density at radius 2 is 0.727 bits per heavy atom. The minimum atomic E-state index is -0.217. The van der Waals surface area contributed by atoms with E-state index in [2.05, 4.69) is 30.9 Å². The van der Waals surface area contributed by atoms with Crippen LogP contribution in [0.5, 0.6) is 0 Å². The third kappa shape index (κ3) is 12.8. The minimum absolute atomic E-state index is 0.217. The van der Waals surface area contributed by atoms with Crippen LogP contribution in [0.25, 0.3) is 0 Å². The fraction of sp³-hybridized carbons (Fsp3) is 0.857. The number of methoxy groups -OCH3 is 6. The summed E-state index contributed by atoms with van der Waals surface area (Å²) in [6.45, 7) is 2.04. The van der Waals surface area contributed by atoms with Crippen LogP contribution in [0.15, 0.2) is 0 Å². The molecule has 33 heavy (non-hydrogen) atoms. The van der Waals surface area contributed by atoms with Gasteiger partial charge in [0.2, 0.25) is 17.8 Å². The van der Waals surface area contributed by atoms with Gasteiger partial charge in [-0.15, -0.1) is 0 Å². The molecule has 0 saturated carbocycles. The molecule has 0 radical (unpaired) electrons. The molecule has 0 aliphatic heterocycles. The van der Waals surface area contributed by atoms with E-state index in [1.54, 1.807) is 42.7 Å². The van der Waals surface area contributed by atoms with Gasteiger partial charge in [-0.3, -0.25) is 0 Å². The molecule has 0 aliphatic rings. The van der Waals surface area contributed by atoms with Gasteiger partial charge >= 0.3 is 0 Å². The number of nitrogens with zero attached hydrogens (tertiary/aromatic N) is 3. The molecule has 0 unspecified atom stereocenters. The first-order valence-corrected chi connectivity index (χ1v) is 11.2. The monoisotopic (exact) mass is 474 g/mol. The molecule has 0 saturated heterocycles. The second-order valence-electron chi connectivity index (χ2n) is 7.22. The highest BCUT2D eigenvalue weighted by Gasteiger charge is 2.10. The van der Waals surface area contributed by atoms with Crippen molar-refractivity contribution in [2.24, 2.45) is 0 Å². The van der Waals surface area contributed by atoms with Gasteiger partial charge in [-0.2, -0.15) is 15.0 Å². The zero-order chi connectivity index (χ0) is 24.3. The maximum absolute atomic E-state index is 5.22. The lowest BCUT2D eigenvalue weighted by Gasteiger charge is -2.15. The first-order chi connectivity index (χ1) is 16.1. The molecule has 12 nitrogen and oxygen atoms in total. The van der Waals surface area contributed by atoms with E-state index in [-0.39, 0.29) is 18.9 Å². The number of aromatic nitrogens is 3. The Labute approximate surface area is 197 Å². The second-order valence-corrected chi connectivity index (χ2v) is 7.22. The molecule has 0 aliphatic carbocycles. The number of anilines is 3. The van der Waals surface area contributed by atoms with Crippen LogP contribution >= 0.6 is 0 Å². The largest absolute Gasteiger partial charge is 0.356 e. The van der Waals surface area contributed by atoms with Crippen LogP contribution in [0.2, 0.25) is 0 Å². The van der Waals surface area contributed by atoms with E-state index in [1.165, 1.54) is 0 Å². The van der Waals surface area contributed by atoms with Gasteiger partial charge in [0.1, 0.15) is 0 Å². The Kier molecular flexibility index (Phi) is 16.4. The van der Waals surface area contributed by atoms with E-state index in [0.29, 0.717) is 37.5 Å².